The van der Waals surface area contributed by atoms with Crippen molar-refractivity contribution in [3.63, 3.8) is 0 Å². The summed E-state index contributed by atoms with van der Waals surface area (Å²) in [6.07, 6.45) is -0.512. The molecule has 2 atom stereocenters. The SMILES string of the molecule is Cc1ccccc1N1CCN2C1=NC1C2C(=O)N(Cc2cccc(Cl)c2)C(=O)N1C. The fourth-order valence-corrected chi connectivity index (χ4v) is 4.71. The molecule has 2 aromatic carbocycles. The number of nitrogens with zero attached hydrogens (tertiary/aromatic N) is 5. The Balaban J connectivity index is 1.45. The number of para-hydroxylation sites is 1. The third kappa shape index (κ3) is 2.84. The van der Waals surface area contributed by atoms with E-state index in [2.05, 4.69) is 24.0 Å². The maximum atomic E-state index is 13.4. The number of likely N-dealkylation sites (N-methyl/N-ethyl adjacent to an activating group) is 1. The minimum atomic E-state index is -0.512. The molecule has 7 nitrogen and oxygen atoms in total. The molecule has 2 aromatic rings. The summed E-state index contributed by atoms with van der Waals surface area (Å²) in [5.41, 5.74) is 3.04. The maximum Gasteiger partial charge on any atom is 0.328 e. The van der Waals surface area contributed by atoms with Crippen LogP contribution in [0.25, 0.3) is 0 Å². The second-order valence-electron chi connectivity index (χ2n) is 7.87. The van der Waals surface area contributed by atoms with Crippen LogP contribution in [-0.4, -0.2) is 64.9 Å². The predicted molar refractivity (Wildman–Crippen MR) is 115 cm³/mol. The number of hydrogen-bond donors (Lipinski definition) is 0. The van der Waals surface area contributed by atoms with Gasteiger partial charge in [0.2, 0.25) is 5.96 Å². The quantitative estimate of drug-likeness (QED) is 0.761. The molecule has 2 unspecified atom stereocenters. The summed E-state index contributed by atoms with van der Waals surface area (Å²) < 4.78 is 0. The van der Waals surface area contributed by atoms with Gasteiger partial charge in [0.05, 0.1) is 6.54 Å². The molecule has 30 heavy (non-hydrogen) atoms. The number of benzene rings is 2. The number of hydrogen-bond acceptors (Lipinski definition) is 5. The van der Waals surface area contributed by atoms with E-state index in [1.165, 1.54) is 4.90 Å². The standard InChI is InChI=1S/C22H22ClN5O2/c1-14-6-3-4-9-17(14)26-10-11-27-18-19(24-21(26)27)25(2)22(30)28(20(18)29)13-15-7-5-8-16(23)12-15/h3-9,12,18-19H,10-11,13H2,1-2H3. The highest BCUT2D eigenvalue weighted by molar-refractivity contribution is 6.30. The van der Waals surface area contributed by atoms with Gasteiger partial charge in [0.15, 0.2) is 12.2 Å². The normalized spacial score (nSPS) is 23.1. The average molecular weight is 424 g/mol. The number of carbonyl (C=O) groups is 2. The van der Waals surface area contributed by atoms with Crippen LogP contribution in [0.2, 0.25) is 5.02 Å². The lowest BCUT2D eigenvalue weighted by Gasteiger charge is -2.40. The molecule has 0 spiro atoms. The van der Waals surface area contributed by atoms with Gasteiger partial charge in [-0.25, -0.2) is 9.79 Å². The number of aryl methyl sites for hydroxylation is 1. The molecule has 8 heteroatoms. The molecule has 0 aromatic heterocycles. The summed E-state index contributed by atoms with van der Waals surface area (Å²) in [5, 5.41) is 0.579. The molecule has 3 aliphatic rings. The fraction of sp³-hybridized carbons (Fsp3) is 0.318. The number of amides is 3. The van der Waals surface area contributed by atoms with Crippen molar-refractivity contribution >= 4 is 35.2 Å². The van der Waals surface area contributed by atoms with Gasteiger partial charge in [-0.3, -0.25) is 9.69 Å². The van der Waals surface area contributed by atoms with Crippen molar-refractivity contribution in [3.8, 4) is 0 Å². The number of anilines is 1. The molecule has 3 amide bonds. The number of fused-ring (bicyclic) bond motifs is 3. The number of aliphatic imine (C=N–C) groups is 1. The average Bonchev–Trinajstić information content (AvgIpc) is 3.30. The first-order valence-corrected chi connectivity index (χ1v) is 10.3. The minimum Gasteiger partial charge on any atom is -0.325 e. The highest BCUT2D eigenvalue weighted by atomic mass is 35.5. The van der Waals surface area contributed by atoms with Crippen LogP contribution in [0.3, 0.4) is 0 Å². The smallest absolute Gasteiger partial charge is 0.325 e. The molecule has 0 bridgehead atoms. The number of halogens is 1. The van der Waals surface area contributed by atoms with Crippen LogP contribution in [0.5, 0.6) is 0 Å². The van der Waals surface area contributed by atoms with Crippen molar-refractivity contribution in [2.45, 2.75) is 25.7 Å². The van der Waals surface area contributed by atoms with Crippen LogP contribution < -0.4 is 4.90 Å². The molecule has 154 valence electrons. The number of carbonyl (C=O) groups excluding carboxylic acids is 2. The molecule has 0 radical (unpaired) electrons. The van der Waals surface area contributed by atoms with Crippen LogP contribution in [0.1, 0.15) is 11.1 Å². The van der Waals surface area contributed by atoms with E-state index in [9.17, 15) is 9.59 Å². The maximum absolute atomic E-state index is 13.4. The summed E-state index contributed by atoms with van der Waals surface area (Å²) >= 11 is 6.08. The van der Waals surface area contributed by atoms with Gasteiger partial charge in [0.1, 0.15) is 0 Å². The molecule has 0 aliphatic carbocycles. The third-order valence-electron chi connectivity index (χ3n) is 6.01. The molecular formula is C22H22ClN5O2. The molecule has 0 N–H and O–H groups in total. The van der Waals surface area contributed by atoms with Crippen LogP contribution in [0.15, 0.2) is 53.5 Å². The zero-order valence-corrected chi connectivity index (χ0v) is 17.6. The Morgan fingerprint density at radius 3 is 2.67 bits per heavy atom. The molecule has 2 saturated heterocycles. The largest absolute Gasteiger partial charge is 0.328 e. The lowest BCUT2D eigenvalue weighted by Crippen LogP contribution is -2.64. The van der Waals surface area contributed by atoms with E-state index in [0.717, 1.165) is 29.3 Å². The molecule has 5 rings (SSSR count). The number of rotatable bonds is 3. The van der Waals surface area contributed by atoms with Crippen molar-refractivity contribution in [2.24, 2.45) is 4.99 Å². The van der Waals surface area contributed by atoms with E-state index in [-0.39, 0.29) is 18.5 Å². The van der Waals surface area contributed by atoms with Crippen molar-refractivity contribution in [1.29, 1.82) is 0 Å². The first-order valence-electron chi connectivity index (χ1n) is 9.96. The summed E-state index contributed by atoms with van der Waals surface area (Å²) in [6.45, 7) is 3.70. The van der Waals surface area contributed by atoms with Gasteiger partial charge in [0.25, 0.3) is 5.91 Å². The lowest BCUT2D eigenvalue weighted by atomic mass is 10.1. The Morgan fingerprint density at radius 2 is 1.90 bits per heavy atom. The first-order chi connectivity index (χ1) is 14.5. The number of urea groups is 1. The van der Waals surface area contributed by atoms with E-state index >= 15 is 0 Å². The van der Waals surface area contributed by atoms with E-state index in [0.29, 0.717) is 11.6 Å². The highest BCUT2D eigenvalue weighted by Gasteiger charge is 2.54. The molecule has 0 saturated carbocycles. The molecule has 3 heterocycles. The van der Waals surface area contributed by atoms with Crippen molar-refractivity contribution in [1.82, 2.24) is 14.7 Å². The Morgan fingerprint density at radius 1 is 1.10 bits per heavy atom. The Labute approximate surface area is 180 Å². The topological polar surface area (TPSA) is 59.5 Å². The molecular weight excluding hydrogens is 402 g/mol. The van der Waals surface area contributed by atoms with E-state index in [1.54, 1.807) is 24.1 Å². The Hall–Kier alpha value is -3.06. The van der Waals surface area contributed by atoms with Crippen molar-refractivity contribution in [2.75, 3.05) is 25.0 Å². The minimum absolute atomic E-state index is 0.191. The predicted octanol–water partition coefficient (Wildman–Crippen LogP) is 2.93. The number of guanidine groups is 1. The molecule has 2 fully saturated rings. The van der Waals surface area contributed by atoms with Crippen LogP contribution in [0, 0.1) is 6.92 Å². The van der Waals surface area contributed by atoms with Gasteiger partial charge < -0.3 is 14.7 Å². The van der Waals surface area contributed by atoms with Gasteiger partial charge in [0, 0.05) is 30.8 Å². The van der Waals surface area contributed by atoms with E-state index < -0.39 is 12.2 Å². The van der Waals surface area contributed by atoms with Gasteiger partial charge in [-0.05, 0) is 36.2 Å². The second kappa shape index (κ2) is 7.02. The third-order valence-corrected chi connectivity index (χ3v) is 6.25. The molecule has 3 aliphatic heterocycles. The van der Waals surface area contributed by atoms with Gasteiger partial charge in [-0.15, -0.1) is 0 Å². The zero-order valence-electron chi connectivity index (χ0n) is 16.8. The van der Waals surface area contributed by atoms with Gasteiger partial charge >= 0.3 is 6.03 Å². The van der Waals surface area contributed by atoms with Gasteiger partial charge in [-0.1, -0.05) is 41.9 Å². The van der Waals surface area contributed by atoms with E-state index in [4.69, 9.17) is 16.6 Å². The first kappa shape index (κ1) is 18.9. The van der Waals surface area contributed by atoms with E-state index in [1.807, 2.05) is 29.2 Å². The van der Waals surface area contributed by atoms with Crippen LogP contribution >= 0.6 is 11.6 Å². The van der Waals surface area contributed by atoms with Crippen molar-refractivity contribution < 1.29 is 9.59 Å². The monoisotopic (exact) mass is 423 g/mol. The lowest BCUT2D eigenvalue weighted by molar-refractivity contribution is -0.137. The summed E-state index contributed by atoms with van der Waals surface area (Å²) in [6, 6.07) is 14.5. The Kier molecular flexibility index (Phi) is 4.43. The van der Waals surface area contributed by atoms with Gasteiger partial charge in [-0.2, -0.15) is 0 Å². The highest BCUT2D eigenvalue weighted by Crippen LogP contribution is 2.34. The van der Waals surface area contributed by atoms with Crippen LogP contribution in [-0.2, 0) is 11.3 Å². The fourth-order valence-electron chi connectivity index (χ4n) is 4.49. The second-order valence-corrected chi connectivity index (χ2v) is 8.30. The number of imide groups is 1. The summed E-state index contributed by atoms with van der Waals surface area (Å²) in [4.78, 5) is 38.3. The van der Waals surface area contributed by atoms with Crippen molar-refractivity contribution in [3.05, 3.63) is 64.7 Å². The summed E-state index contributed by atoms with van der Waals surface area (Å²) in [5.74, 6) is 0.547. The zero-order chi connectivity index (χ0) is 21.0. The summed E-state index contributed by atoms with van der Waals surface area (Å²) in [7, 11) is 1.71. The Bertz CT molecular complexity index is 1070. The van der Waals surface area contributed by atoms with Crippen LogP contribution in [0.4, 0.5) is 10.5 Å².